The molecule has 1 aromatic rings. The fraction of sp³-hybridized carbons (Fsp3) is 0.400. The van der Waals surface area contributed by atoms with E-state index < -0.39 is 18.0 Å². The zero-order chi connectivity index (χ0) is 12.4. The van der Waals surface area contributed by atoms with E-state index in [2.05, 4.69) is 31.5 Å². The van der Waals surface area contributed by atoms with Crippen LogP contribution >= 0.6 is 28.3 Å². The number of aromatic nitrogens is 1. The molecule has 1 amide bonds. The number of hydrogen-bond donors (Lipinski definition) is 2. The lowest BCUT2D eigenvalue weighted by molar-refractivity contribution is -0.117. The number of anilines is 1. The van der Waals surface area contributed by atoms with Crippen molar-refractivity contribution in [2.75, 3.05) is 11.9 Å². The van der Waals surface area contributed by atoms with Gasteiger partial charge in [0.15, 0.2) is 5.82 Å². The van der Waals surface area contributed by atoms with Crippen molar-refractivity contribution in [3.63, 3.8) is 0 Å². The van der Waals surface area contributed by atoms with Gasteiger partial charge in [0.1, 0.15) is 16.6 Å². The van der Waals surface area contributed by atoms with Gasteiger partial charge in [-0.05, 0) is 28.1 Å². The number of carbonyl (C=O) groups is 1. The monoisotopic (exact) mass is 341 g/mol. The van der Waals surface area contributed by atoms with Gasteiger partial charge in [-0.15, -0.1) is 12.4 Å². The molecule has 18 heavy (non-hydrogen) atoms. The topological polar surface area (TPSA) is 54.0 Å². The van der Waals surface area contributed by atoms with Crippen LogP contribution in [0.1, 0.15) is 6.42 Å². The van der Waals surface area contributed by atoms with Crippen molar-refractivity contribution >= 4 is 40.1 Å². The molecule has 100 valence electrons. The van der Waals surface area contributed by atoms with E-state index in [-0.39, 0.29) is 41.7 Å². The van der Waals surface area contributed by atoms with E-state index in [4.69, 9.17) is 0 Å². The van der Waals surface area contributed by atoms with Gasteiger partial charge in [0.2, 0.25) is 5.91 Å². The van der Waals surface area contributed by atoms with Gasteiger partial charge in [-0.1, -0.05) is 0 Å². The van der Waals surface area contributed by atoms with Crippen LogP contribution in [0.15, 0.2) is 16.7 Å². The van der Waals surface area contributed by atoms with Crippen molar-refractivity contribution in [1.82, 2.24) is 10.3 Å². The summed E-state index contributed by atoms with van der Waals surface area (Å²) in [5.74, 6) is -0.644. The number of carbonyl (C=O) groups excluding carboxylic acids is 1. The van der Waals surface area contributed by atoms with Crippen molar-refractivity contribution in [2.45, 2.75) is 18.6 Å². The highest BCUT2D eigenvalue weighted by atomic mass is 79.9. The van der Waals surface area contributed by atoms with Crippen LogP contribution in [-0.4, -0.2) is 29.6 Å². The third-order valence-electron chi connectivity index (χ3n) is 2.45. The summed E-state index contributed by atoms with van der Waals surface area (Å²) in [4.78, 5) is 15.5. The summed E-state index contributed by atoms with van der Waals surface area (Å²) < 4.78 is 25.8. The Kier molecular flexibility index (Phi) is 5.43. The van der Waals surface area contributed by atoms with Gasteiger partial charge in [0.05, 0.1) is 6.04 Å². The third-order valence-corrected chi connectivity index (χ3v) is 3.00. The number of pyridine rings is 1. The second-order valence-corrected chi connectivity index (χ2v) is 4.50. The molecule has 1 aliphatic rings. The molecule has 0 radical (unpaired) electrons. The summed E-state index contributed by atoms with van der Waals surface area (Å²) in [6, 6.07) is 1.97. The summed E-state index contributed by atoms with van der Waals surface area (Å²) in [6.45, 7) is 0.179. The Morgan fingerprint density at radius 3 is 2.83 bits per heavy atom. The normalized spacial score (nSPS) is 22.4. The van der Waals surface area contributed by atoms with Crippen LogP contribution in [0.4, 0.5) is 14.6 Å². The molecule has 2 heterocycles. The van der Waals surface area contributed by atoms with Gasteiger partial charge < -0.3 is 10.6 Å². The highest BCUT2D eigenvalue weighted by Crippen LogP contribution is 2.16. The highest BCUT2D eigenvalue weighted by Gasteiger charge is 2.29. The van der Waals surface area contributed by atoms with Gasteiger partial charge in [-0.3, -0.25) is 4.79 Å². The summed E-state index contributed by atoms with van der Waals surface area (Å²) in [5, 5.41) is 5.25. The Bertz CT molecular complexity index is 449. The number of alkyl halides is 1. The molecular weight excluding hydrogens is 331 g/mol. The Labute approximate surface area is 117 Å². The standard InChI is InChI=1S/C10H10BrF2N3O.ClH/c11-9-6(13)1-2-8(15-9)16-10(17)7-3-5(12)4-14-7;/h1-2,5,7,14H,3-4H2,(H,15,16,17);1H/t5-,7+;/m1./s1. The van der Waals surface area contributed by atoms with Crippen LogP contribution in [0.25, 0.3) is 0 Å². The predicted octanol–water partition coefficient (Wildman–Crippen LogP) is 2.04. The van der Waals surface area contributed by atoms with Gasteiger partial charge >= 0.3 is 0 Å². The fourth-order valence-electron chi connectivity index (χ4n) is 1.59. The molecule has 8 heteroatoms. The molecule has 0 bridgehead atoms. The lowest BCUT2D eigenvalue weighted by Crippen LogP contribution is -2.35. The second-order valence-electron chi connectivity index (χ2n) is 3.75. The van der Waals surface area contributed by atoms with E-state index in [1.54, 1.807) is 0 Å². The van der Waals surface area contributed by atoms with E-state index >= 15 is 0 Å². The molecule has 0 spiro atoms. The molecule has 2 N–H and O–H groups in total. The number of rotatable bonds is 2. The van der Waals surface area contributed by atoms with Crippen LogP contribution in [0.5, 0.6) is 0 Å². The molecular formula is C10H11BrClF2N3O. The second kappa shape index (κ2) is 6.40. The molecule has 2 atom stereocenters. The maximum absolute atomic E-state index is 12.9. The molecule has 4 nitrogen and oxygen atoms in total. The first kappa shape index (κ1) is 15.3. The SMILES string of the molecule is Cl.O=C(Nc1ccc(F)c(Br)n1)[C@@H]1C[C@@H](F)CN1. The average molecular weight is 343 g/mol. The molecule has 0 aliphatic carbocycles. The minimum absolute atomic E-state index is 0. The van der Waals surface area contributed by atoms with Crippen molar-refractivity contribution in [3.05, 3.63) is 22.6 Å². The Balaban J connectivity index is 0.00000162. The summed E-state index contributed by atoms with van der Waals surface area (Å²) in [6.07, 6.45) is -0.854. The average Bonchev–Trinajstić information content (AvgIpc) is 2.70. The molecule has 0 unspecified atom stereocenters. The molecule has 1 aromatic heterocycles. The summed E-state index contributed by atoms with van der Waals surface area (Å²) in [7, 11) is 0. The van der Waals surface area contributed by atoms with Crippen molar-refractivity contribution in [3.8, 4) is 0 Å². The summed E-state index contributed by atoms with van der Waals surface area (Å²) >= 11 is 2.92. The zero-order valence-corrected chi connectivity index (χ0v) is 11.5. The minimum Gasteiger partial charge on any atom is -0.309 e. The highest BCUT2D eigenvalue weighted by molar-refractivity contribution is 9.10. The predicted molar refractivity (Wildman–Crippen MR) is 69.1 cm³/mol. The Hall–Kier alpha value is -0.790. The van der Waals surface area contributed by atoms with Crippen LogP contribution in [0.2, 0.25) is 0 Å². The van der Waals surface area contributed by atoms with E-state index in [0.717, 1.165) is 0 Å². The van der Waals surface area contributed by atoms with Crippen molar-refractivity contribution in [2.24, 2.45) is 0 Å². The molecule has 1 saturated heterocycles. The maximum atomic E-state index is 12.9. The van der Waals surface area contributed by atoms with Gasteiger partial charge in [0.25, 0.3) is 0 Å². The lowest BCUT2D eigenvalue weighted by Gasteiger charge is -2.10. The molecule has 2 rings (SSSR count). The summed E-state index contributed by atoms with van der Waals surface area (Å²) in [5.41, 5.74) is 0. The van der Waals surface area contributed by atoms with Crippen LogP contribution in [0.3, 0.4) is 0 Å². The van der Waals surface area contributed by atoms with E-state index in [9.17, 15) is 13.6 Å². The Morgan fingerprint density at radius 2 is 2.28 bits per heavy atom. The first-order valence-corrected chi connectivity index (χ1v) is 5.86. The van der Waals surface area contributed by atoms with Crippen molar-refractivity contribution < 1.29 is 13.6 Å². The third kappa shape index (κ3) is 3.60. The van der Waals surface area contributed by atoms with Crippen LogP contribution < -0.4 is 10.6 Å². The minimum atomic E-state index is -1.00. The van der Waals surface area contributed by atoms with E-state index in [1.807, 2.05) is 0 Å². The number of halogens is 4. The molecule has 0 saturated carbocycles. The molecule has 0 aromatic carbocycles. The van der Waals surface area contributed by atoms with Crippen molar-refractivity contribution in [1.29, 1.82) is 0 Å². The molecule has 1 aliphatic heterocycles. The van der Waals surface area contributed by atoms with Gasteiger partial charge in [-0.2, -0.15) is 0 Å². The van der Waals surface area contributed by atoms with E-state index in [0.29, 0.717) is 0 Å². The largest absolute Gasteiger partial charge is 0.309 e. The first-order valence-electron chi connectivity index (χ1n) is 5.06. The zero-order valence-electron chi connectivity index (χ0n) is 9.12. The first-order chi connectivity index (χ1) is 8.06. The number of amides is 1. The van der Waals surface area contributed by atoms with Gasteiger partial charge in [0, 0.05) is 13.0 Å². The van der Waals surface area contributed by atoms with Gasteiger partial charge in [-0.25, -0.2) is 13.8 Å². The maximum Gasteiger partial charge on any atom is 0.242 e. The quantitative estimate of drug-likeness (QED) is 0.809. The Morgan fingerprint density at radius 1 is 1.56 bits per heavy atom. The number of hydrogen-bond acceptors (Lipinski definition) is 3. The lowest BCUT2D eigenvalue weighted by atomic mass is 10.2. The number of nitrogens with one attached hydrogen (secondary N) is 2. The number of nitrogens with zero attached hydrogens (tertiary/aromatic N) is 1. The molecule has 1 fully saturated rings. The van der Waals surface area contributed by atoms with E-state index in [1.165, 1.54) is 12.1 Å². The fourth-order valence-corrected chi connectivity index (χ4v) is 1.92. The smallest absolute Gasteiger partial charge is 0.242 e. The van der Waals surface area contributed by atoms with Crippen LogP contribution in [0, 0.1) is 5.82 Å². The van der Waals surface area contributed by atoms with Crippen LogP contribution in [-0.2, 0) is 4.79 Å².